The highest BCUT2D eigenvalue weighted by atomic mass is 32.1. The second-order valence-corrected chi connectivity index (χ2v) is 6.10. The molecule has 0 unspecified atom stereocenters. The van der Waals surface area contributed by atoms with Crippen LogP contribution in [0.2, 0.25) is 0 Å². The fourth-order valence-electron chi connectivity index (χ4n) is 2.14. The van der Waals surface area contributed by atoms with Crippen molar-refractivity contribution in [1.29, 1.82) is 0 Å². The zero-order valence-corrected chi connectivity index (χ0v) is 12.4. The highest BCUT2D eigenvalue weighted by molar-refractivity contribution is 7.73. The minimum atomic E-state index is -1.19. The van der Waals surface area contributed by atoms with E-state index >= 15 is 0 Å². The second-order valence-electron chi connectivity index (χ2n) is 4.45. The molecule has 0 atom stereocenters. The highest BCUT2D eigenvalue weighted by Crippen LogP contribution is 2.32. The molecule has 2 N–H and O–H groups in total. The molecule has 2 aromatic rings. The average Bonchev–Trinajstić information content (AvgIpc) is 2.88. The number of aromatic hydroxyl groups is 1. The molecule has 0 bridgehead atoms. The Kier molecular flexibility index (Phi) is 3.38. The normalized spacial score (nSPS) is 13.1. The lowest BCUT2D eigenvalue weighted by atomic mass is 10.1. The average molecular weight is 338 g/mol. The predicted molar refractivity (Wildman–Crippen MR) is 77.1 cm³/mol. The third kappa shape index (κ3) is 2.24. The molecule has 0 aliphatic carbocycles. The molecular formula is C13H7FN2O4S2. The van der Waals surface area contributed by atoms with E-state index in [4.69, 9.17) is 17.3 Å². The summed E-state index contributed by atoms with van der Waals surface area (Å²) in [5.41, 5.74) is 0.0206. The van der Waals surface area contributed by atoms with E-state index in [1.165, 1.54) is 12.1 Å². The Morgan fingerprint density at radius 1 is 1.45 bits per heavy atom. The zero-order valence-electron chi connectivity index (χ0n) is 10.7. The lowest BCUT2D eigenvalue weighted by molar-refractivity contribution is -0.137. The Balaban J connectivity index is 2.31. The van der Waals surface area contributed by atoms with Crippen molar-refractivity contribution in [2.24, 2.45) is 4.99 Å². The number of nitrogens with zero attached hydrogens (tertiary/aromatic N) is 2. The van der Waals surface area contributed by atoms with Crippen LogP contribution in [0.4, 0.5) is 4.39 Å². The first-order valence-electron chi connectivity index (χ1n) is 5.96. The maximum atomic E-state index is 13.4. The van der Waals surface area contributed by atoms with Crippen LogP contribution in [0, 0.1) is 9.77 Å². The Morgan fingerprint density at radius 3 is 2.86 bits per heavy atom. The molecule has 1 aromatic carbocycles. The molecule has 0 radical (unpaired) electrons. The summed E-state index contributed by atoms with van der Waals surface area (Å²) in [6, 6.07) is 3.68. The van der Waals surface area contributed by atoms with E-state index in [0.717, 1.165) is 22.0 Å². The van der Waals surface area contributed by atoms with Crippen molar-refractivity contribution >= 4 is 41.0 Å². The number of rotatable bonds is 3. The topological polar surface area (TPSA) is 91.9 Å². The van der Waals surface area contributed by atoms with Gasteiger partial charge in [-0.1, -0.05) is 0 Å². The minimum Gasteiger partial charge on any atom is -0.493 e. The van der Waals surface area contributed by atoms with Gasteiger partial charge in [0.25, 0.3) is 5.91 Å². The number of aromatic nitrogens is 1. The summed E-state index contributed by atoms with van der Waals surface area (Å²) in [6.45, 7) is -0.532. The third-order valence-electron chi connectivity index (χ3n) is 3.05. The number of carbonyl (C=O) groups is 2. The van der Waals surface area contributed by atoms with Gasteiger partial charge in [0, 0.05) is 5.22 Å². The number of thiazole rings is 1. The van der Waals surface area contributed by atoms with Gasteiger partial charge in [-0.2, -0.15) is 0 Å². The summed E-state index contributed by atoms with van der Waals surface area (Å²) in [6.07, 6.45) is 0. The maximum absolute atomic E-state index is 13.4. The van der Waals surface area contributed by atoms with Crippen LogP contribution in [0.25, 0.3) is 5.57 Å². The molecule has 112 valence electrons. The fourth-order valence-corrected chi connectivity index (χ4v) is 3.48. The molecule has 3 rings (SSSR count). The van der Waals surface area contributed by atoms with Gasteiger partial charge in [-0.3, -0.25) is 14.2 Å². The number of carbonyl (C=O) groups excluding carboxylic acids is 1. The van der Waals surface area contributed by atoms with E-state index in [9.17, 15) is 19.1 Å². The number of hydrogen-bond donors (Lipinski definition) is 2. The molecule has 22 heavy (non-hydrogen) atoms. The van der Waals surface area contributed by atoms with Crippen LogP contribution < -0.4 is 10.6 Å². The first kappa shape index (κ1) is 14.5. The smallest absolute Gasteiger partial charge is 0.323 e. The van der Waals surface area contributed by atoms with Crippen molar-refractivity contribution in [2.75, 3.05) is 0 Å². The first-order chi connectivity index (χ1) is 10.4. The number of amides is 1. The van der Waals surface area contributed by atoms with Gasteiger partial charge < -0.3 is 10.2 Å². The molecular weight excluding hydrogens is 331 g/mol. The van der Waals surface area contributed by atoms with Crippen LogP contribution in [0.15, 0.2) is 23.2 Å². The van der Waals surface area contributed by atoms with Gasteiger partial charge in [-0.15, -0.1) is 11.3 Å². The monoisotopic (exact) mass is 338 g/mol. The molecule has 6 nitrogen and oxygen atoms in total. The lowest BCUT2D eigenvalue weighted by Crippen LogP contribution is -2.23. The largest absolute Gasteiger partial charge is 0.493 e. The van der Waals surface area contributed by atoms with Crippen molar-refractivity contribution in [2.45, 2.75) is 6.54 Å². The van der Waals surface area contributed by atoms with Crippen LogP contribution in [0.1, 0.15) is 4.88 Å². The van der Waals surface area contributed by atoms with E-state index in [-0.39, 0.29) is 19.6 Å². The summed E-state index contributed by atoms with van der Waals surface area (Å²) >= 11 is 5.88. The van der Waals surface area contributed by atoms with Crippen molar-refractivity contribution in [3.8, 4) is 5.88 Å². The van der Waals surface area contributed by atoms with E-state index in [1.807, 2.05) is 0 Å². The quantitative estimate of drug-likeness (QED) is 0.798. The molecule has 2 heterocycles. The van der Waals surface area contributed by atoms with Gasteiger partial charge in [0.15, 0.2) is 3.95 Å². The molecule has 0 spiro atoms. The van der Waals surface area contributed by atoms with Crippen molar-refractivity contribution in [1.82, 2.24) is 4.57 Å². The van der Waals surface area contributed by atoms with Crippen molar-refractivity contribution in [3.05, 3.63) is 43.4 Å². The first-order valence-corrected chi connectivity index (χ1v) is 7.18. The Hall–Kier alpha value is -2.39. The number of fused-ring (bicyclic) bond motifs is 1. The SMILES string of the molecule is O=C(O)Cn1c(O)c(C2=c3cc(F)ccc3=NC2=O)sc1=S. The minimum absolute atomic E-state index is 0.0206. The van der Waals surface area contributed by atoms with E-state index in [0.29, 0.717) is 5.36 Å². The van der Waals surface area contributed by atoms with Gasteiger partial charge in [0.2, 0.25) is 5.88 Å². The summed E-state index contributed by atoms with van der Waals surface area (Å²) in [4.78, 5) is 26.7. The summed E-state index contributed by atoms with van der Waals surface area (Å²) in [5, 5.41) is 19.5. The van der Waals surface area contributed by atoms with Crippen LogP contribution in [0.3, 0.4) is 0 Å². The van der Waals surface area contributed by atoms with Gasteiger partial charge >= 0.3 is 5.97 Å². The van der Waals surface area contributed by atoms with Crippen LogP contribution in [-0.4, -0.2) is 26.7 Å². The van der Waals surface area contributed by atoms with E-state index in [1.54, 1.807) is 0 Å². The second kappa shape index (κ2) is 5.11. The van der Waals surface area contributed by atoms with Crippen LogP contribution in [0.5, 0.6) is 5.88 Å². The third-order valence-corrected chi connectivity index (χ3v) is 4.51. The maximum Gasteiger partial charge on any atom is 0.323 e. The van der Waals surface area contributed by atoms with Gasteiger partial charge in [-0.05, 0) is 30.4 Å². The van der Waals surface area contributed by atoms with E-state index in [2.05, 4.69) is 4.99 Å². The molecule has 1 aliphatic rings. The van der Waals surface area contributed by atoms with Gasteiger partial charge in [0.05, 0.1) is 10.9 Å². The summed E-state index contributed by atoms with van der Waals surface area (Å²) in [7, 11) is 0. The van der Waals surface area contributed by atoms with Crippen LogP contribution in [-0.2, 0) is 16.1 Å². The summed E-state index contributed by atoms with van der Waals surface area (Å²) < 4.78 is 14.5. The Morgan fingerprint density at radius 2 is 2.18 bits per heavy atom. The van der Waals surface area contributed by atoms with Crippen LogP contribution >= 0.6 is 23.6 Å². The molecule has 0 saturated heterocycles. The van der Waals surface area contributed by atoms with Crippen molar-refractivity contribution < 1.29 is 24.2 Å². The highest BCUT2D eigenvalue weighted by Gasteiger charge is 2.25. The number of aliphatic carboxylic acids is 1. The number of carboxylic acids is 1. The molecule has 0 fully saturated rings. The van der Waals surface area contributed by atoms with Gasteiger partial charge in [-0.25, -0.2) is 9.38 Å². The number of hydrogen-bond acceptors (Lipinski definition) is 5. The standard InChI is InChI=1S/C13H7FN2O4S2/c14-5-1-2-7-6(3-5)9(11(19)15-7)10-12(20)16(4-8(17)18)13(21)22-10/h1-3,20H,4H2,(H,17,18). The number of benzene rings is 1. The summed E-state index contributed by atoms with van der Waals surface area (Å²) in [5.74, 6) is -2.80. The Bertz CT molecular complexity index is 1010. The zero-order chi connectivity index (χ0) is 16.0. The fraction of sp³-hybridized carbons (Fsp3) is 0.0769. The number of carboxylic acid groups (broad SMARTS) is 1. The molecule has 1 aliphatic heterocycles. The molecule has 0 saturated carbocycles. The van der Waals surface area contributed by atoms with Gasteiger partial charge in [0.1, 0.15) is 17.2 Å². The van der Waals surface area contributed by atoms with E-state index < -0.39 is 30.1 Å². The Labute approximate surface area is 131 Å². The van der Waals surface area contributed by atoms with Crippen molar-refractivity contribution in [3.63, 3.8) is 0 Å². The molecule has 9 heteroatoms. The molecule has 1 aromatic heterocycles. The lowest BCUT2D eigenvalue weighted by Gasteiger charge is -2.01. The predicted octanol–water partition coefficient (Wildman–Crippen LogP) is 0.567. The molecule has 1 amide bonds. The number of halogens is 1.